The normalized spacial score (nSPS) is 15.1. The van der Waals surface area contributed by atoms with E-state index in [1.54, 1.807) is 12.1 Å². The van der Waals surface area contributed by atoms with Crippen LogP contribution >= 0.6 is 23.2 Å². The van der Waals surface area contributed by atoms with Gasteiger partial charge in [-0.1, -0.05) is 59.6 Å². The van der Waals surface area contributed by atoms with E-state index in [-0.39, 0.29) is 40.8 Å². The molecule has 5 N–H and O–H groups in total. The summed E-state index contributed by atoms with van der Waals surface area (Å²) in [7, 11) is 1.17. The van der Waals surface area contributed by atoms with E-state index in [1.165, 1.54) is 12.7 Å². The van der Waals surface area contributed by atoms with Gasteiger partial charge in [0.2, 0.25) is 11.8 Å². The molecule has 10 heteroatoms. The largest absolute Gasteiger partial charge is 0.468 e. The van der Waals surface area contributed by atoms with Gasteiger partial charge in [-0.05, 0) is 65.8 Å². The summed E-state index contributed by atoms with van der Waals surface area (Å²) in [5, 5.41) is 8.93. The van der Waals surface area contributed by atoms with Crippen molar-refractivity contribution in [3.8, 4) is 11.1 Å². The third-order valence-corrected chi connectivity index (χ3v) is 7.29. The Balaban J connectivity index is 1.38. The molecule has 0 saturated carbocycles. The number of nitrogens with two attached hydrogens (primary N) is 1. The molecular weight excluding hydrogens is 539 g/mol. The maximum atomic E-state index is 13.1. The molecule has 204 valence electrons. The van der Waals surface area contributed by atoms with Crippen LogP contribution in [0.1, 0.15) is 30.0 Å². The minimum absolute atomic E-state index is 0.00697. The molecular formula is C29H30Cl2N4O4. The van der Waals surface area contributed by atoms with Crippen LogP contribution < -0.4 is 21.7 Å². The van der Waals surface area contributed by atoms with Crippen LogP contribution in [-0.2, 0) is 25.5 Å². The fourth-order valence-electron chi connectivity index (χ4n) is 4.65. The van der Waals surface area contributed by atoms with E-state index < -0.39 is 17.8 Å². The molecule has 0 aliphatic heterocycles. The molecule has 4 rings (SSSR count). The number of carbonyl (C=O) groups excluding carboxylic acids is 3. The van der Waals surface area contributed by atoms with Crippen LogP contribution in [-0.4, -0.2) is 38.0 Å². The number of esters is 1. The van der Waals surface area contributed by atoms with Gasteiger partial charge in [0.15, 0.2) is 5.92 Å². The number of hydrogen-bond acceptors (Lipinski definition) is 6. The lowest BCUT2D eigenvalue weighted by Crippen LogP contribution is -2.43. The van der Waals surface area contributed by atoms with Gasteiger partial charge in [0.25, 0.3) is 0 Å². The van der Waals surface area contributed by atoms with Gasteiger partial charge >= 0.3 is 5.97 Å². The zero-order valence-corrected chi connectivity index (χ0v) is 22.9. The second-order valence-electron chi connectivity index (χ2n) is 9.33. The summed E-state index contributed by atoms with van der Waals surface area (Å²) in [6.45, 7) is -0.252. The zero-order valence-electron chi connectivity index (χ0n) is 21.4. The highest BCUT2D eigenvalue weighted by Crippen LogP contribution is 2.36. The number of nitrogens with one attached hydrogen (secondary N) is 3. The highest BCUT2D eigenvalue weighted by Gasteiger charge is 2.30. The summed E-state index contributed by atoms with van der Waals surface area (Å²) in [6.07, 6.45) is 2.85. The first kappa shape index (κ1) is 28.4. The first-order valence-corrected chi connectivity index (χ1v) is 13.3. The topological polar surface area (TPSA) is 123 Å². The standard InChI is InChI=1S/C29H30Cl2N4O4/c1-39-29(38)22(15-34-26(36)16-33-25-9-5-8-18-10-11-20(32)14-21(18)25)28(37)35-27-23(30)12-19(13-24(27)31)17-6-3-2-4-7-17/h2-4,6-7,10-14,22,25,33H,5,8-9,15-16,32H2,1H3,(H,34,36)(H,35,37)/t22-,25-/m0/s1. The highest BCUT2D eigenvalue weighted by molar-refractivity contribution is 6.40. The Morgan fingerprint density at radius 2 is 1.74 bits per heavy atom. The van der Waals surface area contributed by atoms with Gasteiger partial charge < -0.3 is 26.4 Å². The van der Waals surface area contributed by atoms with E-state index >= 15 is 0 Å². The van der Waals surface area contributed by atoms with Crippen molar-refractivity contribution in [1.29, 1.82) is 0 Å². The zero-order chi connectivity index (χ0) is 27.9. The molecule has 0 aromatic heterocycles. The van der Waals surface area contributed by atoms with Crippen molar-refractivity contribution in [2.75, 3.05) is 31.2 Å². The van der Waals surface area contributed by atoms with Crippen molar-refractivity contribution in [3.05, 3.63) is 81.8 Å². The molecule has 0 heterocycles. The number of aryl methyl sites for hydroxylation is 1. The quantitative estimate of drug-likeness (QED) is 0.168. The van der Waals surface area contributed by atoms with Crippen LogP contribution in [0.15, 0.2) is 60.7 Å². The third-order valence-electron chi connectivity index (χ3n) is 6.70. The molecule has 3 aromatic carbocycles. The number of halogens is 2. The number of ether oxygens (including phenoxy) is 1. The van der Waals surface area contributed by atoms with E-state index in [2.05, 4.69) is 16.0 Å². The van der Waals surface area contributed by atoms with Gasteiger partial charge in [-0.2, -0.15) is 0 Å². The van der Waals surface area contributed by atoms with Gasteiger partial charge in [-0.25, -0.2) is 0 Å². The summed E-state index contributed by atoms with van der Waals surface area (Å²) >= 11 is 12.9. The monoisotopic (exact) mass is 568 g/mol. The molecule has 1 aliphatic rings. The second kappa shape index (κ2) is 13.0. The molecule has 2 amide bonds. The number of fused-ring (bicyclic) bond motifs is 1. The average molecular weight is 569 g/mol. The highest BCUT2D eigenvalue weighted by atomic mass is 35.5. The number of hydrogen-bond donors (Lipinski definition) is 4. The second-order valence-corrected chi connectivity index (χ2v) is 10.1. The van der Waals surface area contributed by atoms with Crippen molar-refractivity contribution in [2.24, 2.45) is 5.92 Å². The Bertz CT molecular complexity index is 1340. The van der Waals surface area contributed by atoms with Crippen molar-refractivity contribution in [3.63, 3.8) is 0 Å². The first-order chi connectivity index (χ1) is 18.8. The minimum atomic E-state index is -1.31. The Morgan fingerprint density at radius 1 is 1.03 bits per heavy atom. The summed E-state index contributed by atoms with van der Waals surface area (Å²) in [6, 6.07) is 18.7. The molecule has 0 radical (unpaired) electrons. The summed E-state index contributed by atoms with van der Waals surface area (Å²) in [4.78, 5) is 38.1. The lowest BCUT2D eigenvalue weighted by molar-refractivity contribution is -0.148. The molecule has 1 aliphatic carbocycles. The van der Waals surface area contributed by atoms with Crippen molar-refractivity contribution in [1.82, 2.24) is 10.6 Å². The van der Waals surface area contributed by atoms with Gasteiger partial charge in [-0.3, -0.25) is 14.4 Å². The van der Waals surface area contributed by atoms with Crippen LogP contribution in [0.5, 0.6) is 0 Å². The van der Waals surface area contributed by atoms with E-state index in [1.807, 2.05) is 48.5 Å². The fourth-order valence-corrected chi connectivity index (χ4v) is 5.23. The van der Waals surface area contributed by atoms with Gasteiger partial charge in [0, 0.05) is 18.3 Å². The van der Waals surface area contributed by atoms with E-state index in [4.69, 9.17) is 33.7 Å². The molecule has 0 spiro atoms. The Hall–Kier alpha value is -3.59. The molecule has 0 bridgehead atoms. The Labute approximate surface area is 237 Å². The molecule has 0 unspecified atom stereocenters. The maximum Gasteiger partial charge on any atom is 0.320 e. The predicted octanol–water partition coefficient (Wildman–Crippen LogP) is 4.75. The average Bonchev–Trinajstić information content (AvgIpc) is 2.94. The molecule has 0 saturated heterocycles. The molecule has 2 atom stereocenters. The Morgan fingerprint density at radius 3 is 2.44 bits per heavy atom. The number of anilines is 2. The number of carbonyl (C=O) groups is 3. The van der Waals surface area contributed by atoms with Gasteiger partial charge in [0.1, 0.15) is 0 Å². The minimum Gasteiger partial charge on any atom is -0.468 e. The Kier molecular flexibility index (Phi) is 9.45. The smallest absolute Gasteiger partial charge is 0.320 e. The van der Waals surface area contributed by atoms with Crippen LogP contribution in [0.4, 0.5) is 11.4 Å². The van der Waals surface area contributed by atoms with Gasteiger partial charge in [0.05, 0.1) is 29.4 Å². The van der Waals surface area contributed by atoms with Crippen LogP contribution in [0.3, 0.4) is 0 Å². The van der Waals surface area contributed by atoms with Crippen LogP contribution in [0.25, 0.3) is 11.1 Å². The first-order valence-electron chi connectivity index (χ1n) is 12.6. The van der Waals surface area contributed by atoms with Crippen molar-refractivity contribution < 1.29 is 19.1 Å². The van der Waals surface area contributed by atoms with Gasteiger partial charge in [-0.15, -0.1) is 0 Å². The van der Waals surface area contributed by atoms with Crippen LogP contribution in [0.2, 0.25) is 10.0 Å². The van der Waals surface area contributed by atoms with Crippen molar-refractivity contribution >= 4 is 52.4 Å². The maximum absolute atomic E-state index is 13.1. The lowest BCUT2D eigenvalue weighted by Gasteiger charge is -2.26. The molecule has 3 aromatic rings. The number of amides is 2. The predicted molar refractivity (Wildman–Crippen MR) is 154 cm³/mol. The fraction of sp³-hybridized carbons (Fsp3) is 0.276. The van der Waals surface area contributed by atoms with E-state index in [0.29, 0.717) is 5.69 Å². The molecule has 8 nitrogen and oxygen atoms in total. The van der Waals surface area contributed by atoms with Crippen molar-refractivity contribution in [2.45, 2.75) is 25.3 Å². The lowest BCUT2D eigenvalue weighted by atomic mass is 9.87. The SMILES string of the molecule is COC(=O)[C@@H](CNC(=O)CN[C@H]1CCCc2ccc(N)cc21)C(=O)Nc1c(Cl)cc(-c2ccccc2)cc1Cl. The number of nitrogen functional groups attached to an aromatic ring is 1. The summed E-state index contributed by atoms with van der Waals surface area (Å²) < 4.78 is 4.80. The third kappa shape index (κ3) is 7.09. The van der Waals surface area contributed by atoms with E-state index in [0.717, 1.165) is 36.0 Å². The summed E-state index contributed by atoms with van der Waals surface area (Å²) in [5.41, 5.74) is 10.8. The number of benzene rings is 3. The van der Waals surface area contributed by atoms with Crippen LogP contribution in [0, 0.1) is 5.92 Å². The number of methoxy groups -OCH3 is 1. The molecule has 0 fully saturated rings. The number of rotatable bonds is 9. The summed E-state index contributed by atoms with van der Waals surface area (Å²) in [5.74, 6) is -3.18. The molecule has 39 heavy (non-hydrogen) atoms. The van der Waals surface area contributed by atoms with E-state index in [9.17, 15) is 14.4 Å².